The lowest BCUT2D eigenvalue weighted by Crippen LogP contribution is -2.40. The average molecular weight is 298 g/mol. The monoisotopic (exact) mass is 298 g/mol. The van der Waals surface area contributed by atoms with Gasteiger partial charge in [0, 0.05) is 24.2 Å². The molecule has 0 aliphatic heterocycles. The lowest BCUT2D eigenvalue weighted by Gasteiger charge is -2.28. The van der Waals surface area contributed by atoms with Crippen molar-refractivity contribution in [2.45, 2.75) is 46.2 Å². The highest BCUT2D eigenvalue weighted by atomic mass is 19.1. The lowest BCUT2D eigenvalue weighted by atomic mass is 10.00. The summed E-state index contributed by atoms with van der Waals surface area (Å²) in [4.78, 5) is 2.11. The van der Waals surface area contributed by atoms with E-state index < -0.39 is 0 Å². The minimum Gasteiger partial charge on any atom is -0.308 e. The Balaban J connectivity index is 2.85. The number of likely N-dealkylation sites (N-methyl/N-ethyl adjacent to an activating group) is 1. The molecular weight excluding hydrogens is 270 g/mol. The molecule has 1 aromatic carbocycles. The summed E-state index contributed by atoms with van der Waals surface area (Å²) >= 11 is 0. The summed E-state index contributed by atoms with van der Waals surface area (Å²) in [6, 6.07) is 2.61. The molecule has 1 aromatic rings. The standard InChI is InChI=1S/C17H28F2N2/c1-11(2)7-14(10-21(5)6)20-13(4)15-9-16(18)12(3)8-17(15)19/h8-9,11,13-14,20H,7,10H2,1-6H3. The van der Waals surface area contributed by atoms with E-state index in [0.717, 1.165) is 13.0 Å². The Morgan fingerprint density at radius 2 is 1.71 bits per heavy atom. The van der Waals surface area contributed by atoms with E-state index in [2.05, 4.69) is 24.1 Å². The Morgan fingerprint density at radius 3 is 2.24 bits per heavy atom. The molecule has 0 aliphatic carbocycles. The zero-order valence-electron chi connectivity index (χ0n) is 14.0. The molecule has 0 amide bonds. The molecular formula is C17H28F2N2. The van der Waals surface area contributed by atoms with Gasteiger partial charge < -0.3 is 10.2 Å². The van der Waals surface area contributed by atoms with Crippen LogP contribution in [0.4, 0.5) is 8.78 Å². The summed E-state index contributed by atoms with van der Waals surface area (Å²) in [5, 5.41) is 3.44. The van der Waals surface area contributed by atoms with E-state index >= 15 is 0 Å². The second-order valence-electron chi connectivity index (χ2n) is 6.60. The van der Waals surface area contributed by atoms with E-state index in [4.69, 9.17) is 0 Å². The molecule has 0 aromatic heterocycles. The molecule has 120 valence electrons. The smallest absolute Gasteiger partial charge is 0.128 e. The van der Waals surface area contributed by atoms with Gasteiger partial charge in [0.2, 0.25) is 0 Å². The highest BCUT2D eigenvalue weighted by Crippen LogP contribution is 2.22. The van der Waals surface area contributed by atoms with Gasteiger partial charge in [0.15, 0.2) is 0 Å². The van der Waals surface area contributed by atoms with Crippen LogP contribution >= 0.6 is 0 Å². The highest BCUT2D eigenvalue weighted by Gasteiger charge is 2.19. The van der Waals surface area contributed by atoms with Crippen LogP contribution in [0.25, 0.3) is 0 Å². The molecule has 2 nitrogen and oxygen atoms in total. The van der Waals surface area contributed by atoms with Crippen LogP contribution in [-0.2, 0) is 0 Å². The fourth-order valence-corrected chi connectivity index (χ4v) is 2.64. The Bertz CT molecular complexity index is 448. The highest BCUT2D eigenvalue weighted by molar-refractivity contribution is 5.27. The second-order valence-corrected chi connectivity index (χ2v) is 6.60. The van der Waals surface area contributed by atoms with Gasteiger partial charge >= 0.3 is 0 Å². The number of nitrogens with zero attached hydrogens (tertiary/aromatic N) is 1. The van der Waals surface area contributed by atoms with Gasteiger partial charge in [-0.05, 0) is 58.0 Å². The van der Waals surface area contributed by atoms with E-state index in [1.54, 1.807) is 6.92 Å². The van der Waals surface area contributed by atoms with Crippen molar-refractivity contribution in [2.75, 3.05) is 20.6 Å². The third kappa shape index (κ3) is 5.71. The lowest BCUT2D eigenvalue weighted by molar-refractivity contribution is 0.289. The number of halogens is 2. The van der Waals surface area contributed by atoms with Crippen LogP contribution < -0.4 is 5.32 Å². The Hall–Kier alpha value is -1.00. The van der Waals surface area contributed by atoms with Gasteiger partial charge in [-0.1, -0.05) is 13.8 Å². The molecule has 0 aliphatic rings. The molecule has 2 unspecified atom stereocenters. The van der Waals surface area contributed by atoms with E-state index in [-0.39, 0.29) is 23.7 Å². The SMILES string of the molecule is Cc1cc(F)c(C(C)NC(CC(C)C)CN(C)C)cc1F. The zero-order valence-corrected chi connectivity index (χ0v) is 14.0. The molecule has 1 N–H and O–H groups in total. The predicted octanol–water partition coefficient (Wildman–Crippen LogP) is 3.90. The molecule has 0 saturated heterocycles. The summed E-state index contributed by atoms with van der Waals surface area (Å²) in [6.45, 7) is 8.67. The zero-order chi connectivity index (χ0) is 16.2. The van der Waals surface area contributed by atoms with Crippen molar-refractivity contribution < 1.29 is 8.78 Å². The fourth-order valence-electron chi connectivity index (χ4n) is 2.64. The topological polar surface area (TPSA) is 15.3 Å². The van der Waals surface area contributed by atoms with Crippen molar-refractivity contribution in [3.63, 3.8) is 0 Å². The van der Waals surface area contributed by atoms with Crippen molar-refractivity contribution in [1.82, 2.24) is 10.2 Å². The van der Waals surface area contributed by atoms with E-state index in [9.17, 15) is 8.78 Å². The first-order valence-electron chi connectivity index (χ1n) is 7.57. The van der Waals surface area contributed by atoms with Crippen LogP contribution in [0.15, 0.2) is 12.1 Å². The predicted molar refractivity (Wildman–Crippen MR) is 84.4 cm³/mol. The normalized spacial score (nSPS) is 14.8. The maximum atomic E-state index is 14.0. The molecule has 0 heterocycles. The van der Waals surface area contributed by atoms with Gasteiger partial charge in [0.1, 0.15) is 11.6 Å². The van der Waals surface area contributed by atoms with Crippen LogP contribution in [0.2, 0.25) is 0 Å². The van der Waals surface area contributed by atoms with Crippen molar-refractivity contribution in [3.05, 3.63) is 34.9 Å². The molecule has 0 saturated carbocycles. The van der Waals surface area contributed by atoms with E-state index in [1.165, 1.54) is 12.1 Å². The minimum absolute atomic E-state index is 0.219. The summed E-state index contributed by atoms with van der Waals surface area (Å²) in [6.07, 6.45) is 0.998. The van der Waals surface area contributed by atoms with Crippen molar-refractivity contribution in [3.8, 4) is 0 Å². The molecule has 0 bridgehead atoms. The van der Waals surface area contributed by atoms with Gasteiger partial charge in [-0.15, -0.1) is 0 Å². The van der Waals surface area contributed by atoms with Crippen LogP contribution in [0, 0.1) is 24.5 Å². The Labute approximate surface area is 127 Å². The van der Waals surface area contributed by atoms with Crippen molar-refractivity contribution >= 4 is 0 Å². The molecule has 2 atom stereocenters. The average Bonchev–Trinajstić information content (AvgIpc) is 2.31. The number of benzene rings is 1. The van der Waals surface area contributed by atoms with Crippen LogP contribution in [0.5, 0.6) is 0 Å². The van der Waals surface area contributed by atoms with Crippen LogP contribution in [-0.4, -0.2) is 31.6 Å². The van der Waals surface area contributed by atoms with Gasteiger partial charge in [-0.3, -0.25) is 0 Å². The minimum atomic E-state index is -0.354. The fraction of sp³-hybridized carbons (Fsp3) is 0.647. The summed E-state index contributed by atoms with van der Waals surface area (Å²) in [7, 11) is 4.04. The van der Waals surface area contributed by atoms with Crippen LogP contribution in [0.3, 0.4) is 0 Å². The molecule has 21 heavy (non-hydrogen) atoms. The Morgan fingerprint density at radius 1 is 1.10 bits per heavy atom. The first kappa shape index (κ1) is 18.1. The van der Waals surface area contributed by atoms with Gasteiger partial charge in [0.05, 0.1) is 0 Å². The van der Waals surface area contributed by atoms with E-state index in [0.29, 0.717) is 17.0 Å². The summed E-state index contributed by atoms with van der Waals surface area (Å²) in [5.41, 5.74) is 0.737. The third-order valence-corrected chi connectivity index (χ3v) is 3.57. The molecule has 1 rings (SSSR count). The van der Waals surface area contributed by atoms with Gasteiger partial charge in [-0.25, -0.2) is 8.78 Å². The van der Waals surface area contributed by atoms with Crippen molar-refractivity contribution in [2.24, 2.45) is 5.92 Å². The van der Waals surface area contributed by atoms with E-state index in [1.807, 2.05) is 21.0 Å². The number of aryl methyl sites for hydroxylation is 1. The Kier molecular flexibility index (Phi) is 6.75. The largest absolute Gasteiger partial charge is 0.308 e. The first-order chi connectivity index (χ1) is 9.70. The first-order valence-corrected chi connectivity index (χ1v) is 7.57. The second kappa shape index (κ2) is 7.85. The maximum absolute atomic E-state index is 14.0. The molecule has 0 spiro atoms. The quantitative estimate of drug-likeness (QED) is 0.821. The number of rotatable bonds is 7. The number of nitrogens with one attached hydrogen (secondary N) is 1. The molecule has 0 radical (unpaired) electrons. The molecule has 4 heteroatoms. The number of hydrogen-bond acceptors (Lipinski definition) is 2. The molecule has 0 fully saturated rings. The third-order valence-electron chi connectivity index (χ3n) is 3.57. The van der Waals surface area contributed by atoms with Gasteiger partial charge in [-0.2, -0.15) is 0 Å². The summed E-state index contributed by atoms with van der Waals surface area (Å²) < 4.78 is 27.7. The van der Waals surface area contributed by atoms with Crippen molar-refractivity contribution in [1.29, 1.82) is 0 Å². The van der Waals surface area contributed by atoms with Gasteiger partial charge in [0.25, 0.3) is 0 Å². The summed E-state index contributed by atoms with van der Waals surface area (Å²) in [5.74, 6) is -0.149. The number of hydrogen-bond donors (Lipinski definition) is 1. The maximum Gasteiger partial charge on any atom is 0.128 e. The van der Waals surface area contributed by atoms with Crippen LogP contribution in [0.1, 0.15) is 44.4 Å².